The van der Waals surface area contributed by atoms with Gasteiger partial charge in [0.2, 0.25) is 10.0 Å². The number of carbonyl (C=O) groups excluding carboxylic acids is 1. The van der Waals surface area contributed by atoms with Crippen molar-refractivity contribution in [1.82, 2.24) is 5.32 Å². The van der Waals surface area contributed by atoms with Gasteiger partial charge in [0, 0.05) is 11.4 Å². The Labute approximate surface area is 155 Å². The number of ether oxygens (including phenoxy) is 1. The van der Waals surface area contributed by atoms with Crippen molar-refractivity contribution in [2.24, 2.45) is 5.14 Å². The summed E-state index contributed by atoms with van der Waals surface area (Å²) in [6.45, 7) is 0.211. The zero-order chi connectivity index (χ0) is 19.2. The van der Waals surface area contributed by atoms with E-state index >= 15 is 0 Å². The lowest BCUT2D eigenvalue weighted by molar-refractivity contribution is 0.0157. The summed E-state index contributed by atoms with van der Waals surface area (Å²) in [6, 6.07) is 11.8. The molecule has 0 saturated heterocycles. The smallest absolute Gasteiger partial charge is 0.407 e. The molecule has 5 N–H and O–H groups in total. The molecule has 0 aliphatic heterocycles. The number of nitrogens with one attached hydrogen (secondary N) is 1. The number of aliphatic hydroxyl groups excluding tert-OH is 2. The van der Waals surface area contributed by atoms with E-state index in [9.17, 15) is 23.4 Å². The summed E-state index contributed by atoms with van der Waals surface area (Å²) in [7, 11) is -3.85. The van der Waals surface area contributed by atoms with Gasteiger partial charge in [0.25, 0.3) is 0 Å². The number of nitrogens with two attached hydrogens (primary N) is 1. The monoisotopic (exact) mass is 400 g/mol. The summed E-state index contributed by atoms with van der Waals surface area (Å²) in [6.07, 6.45) is -3.04. The molecule has 2 unspecified atom stereocenters. The Balaban J connectivity index is 1.74. The van der Waals surface area contributed by atoms with Gasteiger partial charge in [-0.2, -0.15) is 0 Å². The highest BCUT2D eigenvalue weighted by Gasteiger charge is 2.22. The van der Waals surface area contributed by atoms with Gasteiger partial charge in [0.15, 0.2) is 0 Å². The van der Waals surface area contributed by atoms with E-state index in [-0.39, 0.29) is 28.7 Å². The summed E-state index contributed by atoms with van der Waals surface area (Å²) in [4.78, 5) is 11.9. The zero-order valence-corrected chi connectivity index (χ0v) is 15.4. The molecule has 0 radical (unpaired) electrons. The predicted molar refractivity (Wildman–Crippen MR) is 95.9 cm³/mol. The highest BCUT2D eigenvalue weighted by molar-refractivity contribution is 7.91. The average Bonchev–Trinajstić information content (AvgIpc) is 3.10. The molecule has 2 rings (SSSR count). The number of primary sulfonamides is 1. The van der Waals surface area contributed by atoms with Crippen molar-refractivity contribution in [3.05, 3.63) is 52.9 Å². The van der Waals surface area contributed by atoms with E-state index in [0.717, 1.165) is 16.9 Å². The normalized spacial score (nSPS) is 13.8. The van der Waals surface area contributed by atoms with E-state index in [1.54, 1.807) is 0 Å². The number of hydrogen-bond donors (Lipinski definition) is 4. The van der Waals surface area contributed by atoms with Gasteiger partial charge in [-0.3, -0.25) is 0 Å². The molecule has 142 valence electrons. The van der Waals surface area contributed by atoms with Crippen LogP contribution in [-0.4, -0.2) is 37.4 Å². The zero-order valence-electron chi connectivity index (χ0n) is 13.7. The molecule has 1 heterocycles. The molecule has 2 atom stereocenters. The lowest BCUT2D eigenvalue weighted by Gasteiger charge is -2.16. The Bertz CT molecular complexity index is 822. The Hall–Kier alpha value is -1.98. The van der Waals surface area contributed by atoms with E-state index in [0.29, 0.717) is 0 Å². The van der Waals surface area contributed by atoms with Crippen molar-refractivity contribution < 1.29 is 28.2 Å². The summed E-state index contributed by atoms with van der Waals surface area (Å²) >= 11 is 0.787. The van der Waals surface area contributed by atoms with Crippen molar-refractivity contribution in [3.63, 3.8) is 0 Å². The van der Waals surface area contributed by atoms with Crippen molar-refractivity contribution >= 4 is 27.5 Å². The second kappa shape index (κ2) is 9.10. The highest BCUT2D eigenvalue weighted by atomic mass is 32.2. The van der Waals surface area contributed by atoms with Crippen LogP contribution in [0, 0.1) is 0 Å². The summed E-state index contributed by atoms with van der Waals surface area (Å²) in [5, 5.41) is 27.5. The van der Waals surface area contributed by atoms with E-state index in [4.69, 9.17) is 9.88 Å². The maximum absolute atomic E-state index is 11.6. The van der Waals surface area contributed by atoms with E-state index in [1.165, 1.54) is 12.1 Å². The van der Waals surface area contributed by atoms with Gasteiger partial charge in [0.1, 0.15) is 16.9 Å². The highest BCUT2D eigenvalue weighted by Crippen LogP contribution is 2.28. The van der Waals surface area contributed by atoms with Crippen LogP contribution in [0.25, 0.3) is 0 Å². The molecule has 0 aliphatic rings. The van der Waals surface area contributed by atoms with Gasteiger partial charge < -0.3 is 20.3 Å². The Morgan fingerprint density at radius 2 is 1.88 bits per heavy atom. The summed E-state index contributed by atoms with van der Waals surface area (Å²) in [5.74, 6) is 0. The minimum Gasteiger partial charge on any atom is -0.445 e. The fourth-order valence-corrected chi connectivity index (χ4v) is 3.88. The molecule has 2 aromatic rings. The van der Waals surface area contributed by atoms with Crippen molar-refractivity contribution in [3.8, 4) is 0 Å². The van der Waals surface area contributed by atoms with Gasteiger partial charge in [-0.15, -0.1) is 11.3 Å². The SMILES string of the molecule is NS(=O)(=O)c1ccc(C(O)C(O)CCNC(=O)OCc2ccccc2)s1. The van der Waals surface area contributed by atoms with Crippen molar-refractivity contribution in [1.29, 1.82) is 0 Å². The summed E-state index contributed by atoms with van der Waals surface area (Å²) in [5.41, 5.74) is 0.849. The third-order valence-electron chi connectivity index (χ3n) is 3.46. The lowest BCUT2D eigenvalue weighted by Crippen LogP contribution is -2.29. The second-order valence-corrected chi connectivity index (χ2v) is 8.39. The average molecular weight is 400 g/mol. The molecule has 0 fully saturated rings. The van der Waals surface area contributed by atoms with Gasteiger partial charge in [0.05, 0.1) is 6.10 Å². The molecule has 1 aromatic carbocycles. The van der Waals surface area contributed by atoms with Crippen LogP contribution in [-0.2, 0) is 21.4 Å². The van der Waals surface area contributed by atoms with Crippen LogP contribution < -0.4 is 10.5 Å². The largest absolute Gasteiger partial charge is 0.445 e. The lowest BCUT2D eigenvalue weighted by atomic mass is 10.1. The number of thiophene rings is 1. The van der Waals surface area contributed by atoms with Crippen LogP contribution >= 0.6 is 11.3 Å². The van der Waals surface area contributed by atoms with Gasteiger partial charge in [-0.05, 0) is 24.1 Å². The summed E-state index contributed by atoms with van der Waals surface area (Å²) < 4.78 is 27.4. The van der Waals surface area contributed by atoms with Crippen LogP contribution in [0.3, 0.4) is 0 Å². The number of hydrogen-bond acceptors (Lipinski definition) is 7. The first-order valence-corrected chi connectivity index (χ1v) is 10.1. The van der Waals surface area contributed by atoms with Crippen molar-refractivity contribution in [2.45, 2.75) is 29.4 Å². The minimum atomic E-state index is -3.85. The third-order valence-corrected chi connectivity index (χ3v) is 6.06. The van der Waals surface area contributed by atoms with E-state index in [2.05, 4.69) is 5.32 Å². The van der Waals surface area contributed by atoms with E-state index < -0.39 is 28.3 Å². The number of amides is 1. The number of carbonyl (C=O) groups is 1. The standard InChI is InChI=1S/C16H20N2O6S2/c17-26(22,23)14-7-6-13(25-14)15(20)12(19)8-9-18-16(21)24-10-11-4-2-1-3-5-11/h1-7,12,15,19-20H,8-10H2,(H,18,21)(H2,17,22,23). The number of rotatable bonds is 8. The molecule has 0 spiro atoms. The maximum atomic E-state index is 11.6. The number of aliphatic hydroxyl groups is 2. The van der Waals surface area contributed by atoms with Crippen LogP contribution in [0.5, 0.6) is 0 Å². The topological polar surface area (TPSA) is 139 Å². The van der Waals surface area contributed by atoms with Crippen LogP contribution in [0.1, 0.15) is 23.0 Å². The van der Waals surface area contributed by atoms with Crippen LogP contribution in [0.4, 0.5) is 4.79 Å². The molecule has 0 bridgehead atoms. The number of sulfonamides is 1. The number of benzene rings is 1. The second-order valence-electron chi connectivity index (χ2n) is 5.49. The van der Waals surface area contributed by atoms with Crippen molar-refractivity contribution in [2.75, 3.05) is 6.54 Å². The minimum absolute atomic E-state index is 0.0597. The molecular formula is C16H20N2O6S2. The Kier molecular flexibility index (Phi) is 7.12. The predicted octanol–water partition coefficient (Wildman–Crippen LogP) is 1.11. The van der Waals surface area contributed by atoms with Crippen LogP contribution in [0.2, 0.25) is 0 Å². The van der Waals surface area contributed by atoms with Crippen LogP contribution in [0.15, 0.2) is 46.7 Å². The molecule has 26 heavy (non-hydrogen) atoms. The molecule has 0 aliphatic carbocycles. The first-order chi connectivity index (χ1) is 12.3. The Morgan fingerprint density at radius 1 is 1.19 bits per heavy atom. The fourth-order valence-electron chi connectivity index (χ4n) is 2.09. The van der Waals surface area contributed by atoms with Gasteiger partial charge in [-0.25, -0.2) is 18.4 Å². The molecule has 0 saturated carbocycles. The van der Waals surface area contributed by atoms with Gasteiger partial charge >= 0.3 is 6.09 Å². The quantitative estimate of drug-likeness (QED) is 0.523. The third kappa shape index (κ3) is 6.07. The molecular weight excluding hydrogens is 380 g/mol. The maximum Gasteiger partial charge on any atom is 0.407 e. The Morgan fingerprint density at radius 3 is 2.50 bits per heavy atom. The fraction of sp³-hybridized carbons (Fsp3) is 0.312. The van der Waals surface area contributed by atoms with E-state index in [1.807, 2.05) is 30.3 Å². The molecule has 1 aromatic heterocycles. The number of alkyl carbamates (subject to hydrolysis) is 1. The first-order valence-electron chi connectivity index (χ1n) is 7.70. The molecule has 10 heteroatoms. The first kappa shape index (κ1) is 20.3. The molecule has 8 nitrogen and oxygen atoms in total. The van der Waals surface area contributed by atoms with Gasteiger partial charge in [-0.1, -0.05) is 30.3 Å². The molecule has 1 amide bonds.